The Hall–Kier alpha value is -3.78. The largest absolute Gasteiger partial charge is 0.328 e. The summed E-state index contributed by atoms with van der Waals surface area (Å²) in [6.07, 6.45) is 11.1. The Morgan fingerprint density at radius 1 is 0.552 bits per heavy atom. The van der Waals surface area contributed by atoms with Crippen LogP contribution in [0.3, 0.4) is 0 Å². The van der Waals surface area contributed by atoms with Gasteiger partial charge in [0, 0.05) is 25.1 Å². The summed E-state index contributed by atoms with van der Waals surface area (Å²) < 4.78 is 0. The first kappa shape index (κ1) is 17.3. The molecule has 140 valence electrons. The first-order chi connectivity index (χ1) is 14.4. The van der Waals surface area contributed by atoms with Gasteiger partial charge in [-0.1, -0.05) is 91.0 Å². The van der Waals surface area contributed by atoms with Crippen molar-refractivity contribution in [2.75, 3.05) is 0 Å². The maximum absolute atomic E-state index is 2.30. The molecule has 0 spiro atoms. The van der Waals surface area contributed by atoms with Crippen LogP contribution in [0, 0.1) is 0 Å². The minimum Gasteiger partial charge on any atom is -0.328 e. The van der Waals surface area contributed by atoms with Crippen LogP contribution in [0.1, 0.15) is 16.7 Å². The van der Waals surface area contributed by atoms with Crippen LogP contribution < -0.4 is 0 Å². The van der Waals surface area contributed by atoms with Crippen molar-refractivity contribution in [3.63, 3.8) is 0 Å². The van der Waals surface area contributed by atoms with Gasteiger partial charge in [0.25, 0.3) is 0 Å². The Bertz CT molecular complexity index is 1110. The molecule has 3 aromatic carbocycles. The monoisotopic (exact) mass is 374 g/mol. The number of hydrogen-bond donors (Lipinski definition) is 0. The van der Waals surface area contributed by atoms with Gasteiger partial charge in [0.1, 0.15) is 5.82 Å². The maximum atomic E-state index is 2.30. The predicted octanol–water partition coefficient (Wildman–Crippen LogP) is 6.26. The fourth-order valence-electron chi connectivity index (χ4n) is 3.75. The van der Waals surface area contributed by atoms with Crippen molar-refractivity contribution in [2.24, 2.45) is 0 Å². The van der Waals surface area contributed by atoms with Crippen LogP contribution in [-0.4, -0.2) is 9.80 Å². The fourth-order valence-corrected chi connectivity index (χ4v) is 3.75. The molecule has 0 saturated carbocycles. The van der Waals surface area contributed by atoms with Gasteiger partial charge in [-0.25, -0.2) is 0 Å². The van der Waals surface area contributed by atoms with E-state index in [0.29, 0.717) is 0 Å². The van der Waals surface area contributed by atoms with E-state index in [1.54, 1.807) is 0 Å². The number of benzene rings is 3. The van der Waals surface area contributed by atoms with Crippen LogP contribution in [-0.2, 0) is 6.54 Å². The second-order valence-corrected chi connectivity index (χ2v) is 7.24. The summed E-state index contributed by atoms with van der Waals surface area (Å²) >= 11 is 0. The third-order valence-corrected chi connectivity index (χ3v) is 5.25. The Morgan fingerprint density at radius 2 is 1.14 bits per heavy atom. The van der Waals surface area contributed by atoms with Crippen LogP contribution in [0.15, 0.2) is 128 Å². The van der Waals surface area contributed by atoms with Crippen molar-refractivity contribution in [3.05, 3.63) is 144 Å². The molecule has 2 heteroatoms. The lowest BCUT2D eigenvalue weighted by Gasteiger charge is -2.23. The molecule has 0 fully saturated rings. The summed E-state index contributed by atoms with van der Waals surface area (Å²) in [6.45, 7) is 0.844. The van der Waals surface area contributed by atoms with Gasteiger partial charge in [0.2, 0.25) is 0 Å². The van der Waals surface area contributed by atoms with E-state index in [-0.39, 0.29) is 0 Å². The Morgan fingerprint density at radius 3 is 1.79 bits per heavy atom. The highest BCUT2D eigenvalue weighted by Gasteiger charge is 2.22. The molecule has 2 aliphatic heterocycles. The van der Waals surface area contributed by atoms with E-state index in [9.17, 15) is 0 Å². The van der Waals surface area contributed by atoms with Crippen molar-refractivity contribution in [2.45, 2.75) is 6.54 Å². The first-order valence-electron chi connectivity index (χ1n) is 9.90. The van der Waals surface area contributed by atoms with Crippen molar-refractivity contribution in [3.8, 4) is 0 Å². The van der Waals surface area contributed by atoms with Gasteiger partial charge < -0.3 is 9.80 Å². The van der Waals surface area contributed by atoms with Crippen LogP contribution in [0.5, 0.6) is 0 Å². The van der Waals surface area contributed by atoms with E-state index in [1.807, 2.05) is 0 Å². The number of fused-ring (bicyclic) bond motifs is 1. The van der Waals surface area contributed by atoms with Crippen molar-refractivity contribution < 1.29 is 0 Å². The van der Waals surface area contributed by atoms with Crippen LogP contribution in [0.4, 0.5) is 0 Å². The Balaban J connectivity index is 1.57. The Labute approximate surface area is 172 Å². The van der Waals surface area contributed by atoms with Crippen molar-refractivity contribution in [1.82, 2.24) is 9.80 Å². The molecule has 0 aliphatic carbocycles. The lowest BCUT2D eigenvalue weighted by molar-refractivity contribution is 0.405. The summed E-state index contributed by atoms with van der Waals surface area (Å²) in [7, 11) is 0. The molecule has 3 aromatic rings. The third-order valence-electron chi connectivity index (χ3n) is 5.25. The van der Waals surface area contributed by atoms with Crippen LogP contribution in [0.25, 0.3) is 11.1 Å². The van der Waals surface area contributed by atoms with Gasteiger partial charge in [-0.15, -0.1) is 0 Å². The summed E-state index contributed by atoms with van der Waals surface area (Å²) in [5, 5.41) is 0. The molecular formula is C27H22N2. The van der Waals surface area contributed by atoms with E-state index in [2.05, 4.69) is 132 Å². The molecule has 0 radical (unpaired) electrons. The number of allylic oxidation sites excluding steroid dienone is 4. The predicted molar refractivity (Wildman–Crippen MR) is 120 cm³/mol. The van der Waals surface area contributed by atoms with E-state index < -0.39 is 0 Å². The van der Waals surface area contributed by atoms with Crippen LogP contribution in [0.2, 0.25) is 0 Å². The van der Waals surface area contributed by atoms with E-state index in [0.717, 1.165) is 12.4 Å². The van der Waals surface area contributed by atoms with Gasteiger partial charge in [-0.3, -0.25) is 0 Å². The molecule has 29 heavy (non-hydrogen) atoms. The molecule has 0 N–H and O–H groups in total. The van der Waals surface area contributed by atoms with Gasteiger partial charge >= 0.3 is 0 Å². The third kappa shape index (κ3) is 3.65. The highest BCUT2D eigenvalue weighted by atomic mass is 15.4. The molecule has 2 aliphatic rings. The normalized spacial score (nSPS) is 15.4. The van der Waals surface area contributed by atoms with E-state index in [1.165, 1.54) is 27.8 Å². The lowest BCUT2D eigenvalue weighted by atomic mass is 9.99. The average Bonchev–Trinajstić information content (AvgIpc) is 3.04. The first-order valence-corrected chi connectivity index (χ1v) is 9.90. The second kappa shape index (κ2) is 7.69. The molecule has 2 nitrogen and oxygen atoms in total. The molecule has 5 rings (SSSR count). The molecule has 0 atom stereocenters. The molecule has 0 bridgehead atoms. The average molecular weight is 374 g/mol. The topological polar surface area (TPSA) is 6.48 Å². The van der Waals surface area contributed by atoms with Gasteiger partial charge in [0.05, 0.1) is 0 Å². The minimum absolute atomic E-state index is 0.844. The molecule has 0 aromatic heterocycles. The number of hydrogen-bond acceptors (Lipinski definition) is 2. The van der Waals surface area contributed by atoms with E-state index >= 15 is 0 Å². The smallest absolute Gasteiger partial charge is 0.117 e. The molecular weight excluding hydrogens is 352 g/mol. The maximum Gasteiger partial charge on any atom is 0.117 e. The SMILES string of the molecule is C1=CN(Cc2ccccc2)C2=CC(c3ccccc3)=CC(c3ccccc3)=CN12. The molecule has 2 heterocycles. The second-order valence-electron chi connectivity index (χ2n) is 7.24. The zero-order chi connectivity index (χ0) is 19.5. The van der Waals surface area contributed by atoms with Gasteiger partial charge in [-0.05, 0) is 40.0 Å². The van der Waals surface area contributed by atoms with Crippen molar-refractivity contribution >= 4 is 11.1 Å². The minimum atomic E-state index is 0.844. The molecule has 0 saturated heterocycles. The standard InChI is InChI=1S/C27H22N2/c1-4-10-22(11-5-1)20-28-16-17-29-21-26(24-14-8-3-9-15-24)18-25(19-27(28)29)23-12-6-2-7-13-23/h1-19,21H,20H2. The van der Waals surface area contributed by atoms with Gasteiger partial charge in [-0.2, -0.15) is 0 Å². The lowest BCUT2D eigenvalue weighted by Crippen LogP contribution is -2.19. The highest BCUT2D eigenvalue weighted by Crippen LogP contribution is 2.33. The quantitative estimate of drug-likeness (QED) is 0.532. The molecule has 0 unspecified atom stereocenters. The summed E-state index contributed by atoms with van der Waals surface area (Å²) in [6, 6.07) is 31.8. The summed E-state index contributed by atoms with van der Waals surface area (Å²) in [5.41, 5.74) is 6.13. The number of rotatable bonds is 4. The summed E-state index contributed by atoms with van der Waals surface area (Å²) in [4.78, 5) is 4.52. The zero-order valence-electron chi connectivity index (χ0n) is 16.1. The zero-order valence-corrected chi connectivity index (χ0v) is 16.1. The van der Waals surface area contributed by atoms with Crippen LogP contribution >= 0.6 is 0 Å². The van der Waals surface area contributed by atoms with Gasteiger partial charge in [0.15, 0.2) is 0 Å². The summed E-state index contributed by atoms with van der Waals surface area (Å²) in [5.74, 6) is 1.16. The van der Waals surface area contributed by atoms with E-state index in [4.69, 9.17) is 0 Å². The fraction of sp³-hybridized carbons (Fsp3) is 0.0370. The van der Waals surface area contributed by atoms with Crippen molar-refractivity contribution in [1.29, 1.82) is 0 Å². The number of nitrogens with zero attached hydrogens (tertiary/aromatic N) is 2. The Kier molecular flexibility index (Phi) is 4.59. The molecule has 0 amide bonds. The highest BCUT2D eigenvalue weighted by molar-refractivity contribution is 5.88.